The van der Waals surface area contributed by atoms with Crippen molar-refractivity contribution < 1.29 is 12.8 Å². The Bertz CT molecular complexity index is 577. The van der Waals surface area contributed by atoms with Crippen LogP contribution in [0.15, 0.2) is 17.0 Å². The summed E-state index contributed by atoms with van der Waals surface area (Å²) in [4.78, 5) is -0.290. The number of hydrogen-bond donors (Lipinski definition) is 2. The van der Waals surface area contributed by atoms with Crippen LogP contribution in [0, 0.1) is 5.82 Å². The Hall–Kier alpha value is -0.110. The summed E-state index contributed by atoms with van der Waals surface area (Å²) in [6, 6.07) is 2.16. The van der Waals surface area contributed by atoms with E-state index in [2.05, 4.69) is 10.0 Å². The number of sulfonamides is 1. The molecule has 9 heteroatoms. The molecule has 1 aromatic rings. The van der Waals surface area contributed by atoms with Crippen LogP contribution >= 0.6 is 35.6 Å². The molecule has 0 amide bonds. The summed E-state index contributed by atoms with van der Waals surface area (Å²) in [7, 11) is -3.85. The Morgan fingerprint density at radius 2 is 2.05 bits per heavy atom. The van der Waals surface area contributed by atoms with Gasteiger partial charge in [0.1, 0.15) is 4.90 Å². The molecule has 1 saturated heterocycles. The summed E-state index contributed by atoms with van der Waals surface area (Å²) < 4.78 is 40.3. The number of piperidine rings is 1. The Labute approximate surface area is 133 Å². The van der Waals surface area contributed by atoms with Crippen molar-refractivity contribution in [3.05, 3.63) is 28.0 Å². The van der Waals surface area contributed by atoms with E-state index in [0.717, 1.165) is 19.4 Å². The number of hydrogen-bond acceptors (Lipinski definition) is 3. The molecule has 0 radical (unpaired) electrons. The van der Waals surface area contributed by atoms with Gasteiger partial charge in [-0.1, -0.05) is 23.2 Å². The van der Waals surface area contributed by atoms with Crippen molar-refractivity contribution in [1.29, 1.82) is 0 Å². The van der Waals surface area contributed by atoms with Crippen LogP contribution in [-0.4, -0.2) is 27.5 Å². The summed E-state index contributed by atoms with van der Waals surface area (Å²) in [6.45, 7) is 1.42. The normalized spacial score (nSPS) is 19.4. The maximum atomic E-state index is 13.5. The van der Waals surface area contributed by atoms with E-state index < -0.39 is 20.9 Å². The van der Waals surface area contributed by atoms with Gasteiger partial charge in [-0.3, -0.25) is 0 Å². The lowest BCUT2D eigenvalue weighted by Crippen LogP contribution is -2.45. The molecule has 1 heterocycles. The lowest BCUT2D eigenvalue weighted by atomic mass is 10.1. The molecule has 1 aromatic carbocycles. The third-order valence-electron chi connectivity index (χ3n) is 2.91. The van der Waals surface area contributed by atoms with Crippen molar-refractivity contribution in [2.24, 2.45) is 0 Å². The number of benzene rings is 1. The highest BCUT2D eigenvalue weighted by Gasteiger charge is 2.25. The summed E-state index contributed by atoms with van der Waals surface area (Å²) >= 11 is 11.2. The van der Waals surface area contributed by atoms with Crippen LogP contribution in [0.25, 0.3) is 0 Å². The molecular formula is C11H14Cl3FN2O2S. The van der Waals surface area contributed by atoms with Crippen LogP contribution in [0.1, 0.15) is 12.8 Å². The summed E-state index contributed by atoms with van der Waals surface area (Å²) in [5.74, 6) is -0.923. The zero-order chi connectivity index (χ0) is 14.0. The second-order valence-corrected chi connectivity index (χ2v) is 6.81. The van der Waals surface area contributed by atoms with Gasteiger partial charge in [-0.15, -0.1) is 12.4 Å². The first-order valence-corrected chi connectivity index (χ1v) is 8.02. The molecule has 1 aliphatic rings. The molecule has 0 spiro atoms. The van der Waals surface area contributed by atoms with Gasteiger partial charge < -0.3 is 5.32 Å². The highest BCUT2D eigenvalue weighted by molar-refractivity contribution is 7.89. The minimum atomic E-state index is -3.85. The second-order valence-electron chi connectivity index (χ2n) is 4.34. The molecule has 0 bridgehead atoms. The van der Waals surface area contributed by atoms with Gasteiger partial charge >= 0.3 is 0 Å². The number of halogens is 4. The molecule has 1 atom stereocenters. The van der Waals surface area contributed by atoms with Crippen LogP contribution < -0.4 is 10.0 Å². The van der Waals surface area contributed by atoms with E-state index in [4.69, 9.17) is 23.2 Å². The molecule has 2 rings (SSSR count). The van der Waals surface area contributed by atoms with Gasteiger partial charge in [0.15, 0.2) is 5.82 Å². The van der Waals surface area contributed by atoms with E-state index in [1.54, 1.807) is 0 Å². The van der Waals surface area contributed by atoms with E-state index in [9.17, 15) is 12.8 Å². The second kappa shape index (κ2) is 7.24. The fourth-order valence-electron chi connectivity index (χ4n) is 1.95. The molecule has 4 nitrogen and oxygen atoms in total. The first-order valence-electron chi connectivity index (χ1n) is 5.78. The van der Waals surface area contributed by atoms with E-state index in [0.29, 0.717) is 6.54 Å². The van der Waals surface area contributed by atoms with Gasteiger partial charge in [0.25, 0.3) is 0 Å². The first kappa shape index (κ1) is 17.9. The predicted octanol–water partition coefficient (Wildman–Crippen LogP) is 2.58. The molecule has 20 heavy (non-hydrogen) atoms. The van der Waals surface area contributed by atoms with Crippen molar-refractivity contribution in [2.75, 3.05) is 13.1 Å². The molecule has 2 N–H and O–H groups in total. The SMILES string of the molecule is Cl.O=S(=O)(NC1CCCNC1)c1ccc(Cl)c(F)c1Cl. The smallest absolute Gasteiger partial charge is 0.242 e. The fraction of sp³-hybridized carbons (Fsp3) is 0.455. The van der Waals surface area contributed by atoms with Gasteiger partial charge in [-0.2, -0.15) is 0 Å². The third-order valence-corrected chi connectivity index (χ3v) is 5.24. The van der Waals surface area contributed by atoms with Crippen molar-refractivity contribution >= 4 is 45.6 Å². The Morgan fingerprint density at radius 3 is 2.65 bits per heavy atom. The van der Waals surface area contributed by atoms with E-state index >= 15 is 0 Å². The van der Waals surface area contributed by atoms with Crippen LogP contribution in [0.4, 0.5) is 4.39 Å². The third kappa shape index (κ3) is 3.96. The number of rotatable bonds is 3. The highest BCUT2D eigenvalue weighted by atomic mass is 35.5. The lowest BCUT2D eigenvalue weighted by Gasteiger charge is -2.23. The fourth-order valence-corrected chi connectivity index (χ4v) is 3.97. The van der Waals surface area contributed by atoms with Gasteiger partial charge in [0.2, 0.25) is 10.0 Å². The molecule has 0 aliphatic carbocycles. The van der Waals surface area contributed by atoms with E-state index in [1.165, 1.54) is 12.1 Å². The average Bonchev–Trinajstić information content (AvgIpc) is 2.36. The van der Waals surface area contributed by atoms with Gasteiger partial charge in [0, 0.05) is 12.6 Å². The van der Waals surface area contributed by atoms with Crippen LogP contribution in [-0.2, 0) is 10.0 Å². The Kier molecular flexibility index (Phi) is 6.50. The molecule has 0 aromatic heterocycles. The molecule has 0 saturated carbocycles. The lowest BCUT2D eigenvalue weighted by molar-refractivity contribution is 0.428. The van der Waals surface area contributed by atoms with Crippen molar-refractivity contribution in [3.63, 3.8) is 0 Å². The van der Waals surface area contributed by atoms with Crippen LogP contribution in [0.5, 0.6) is 0 Å². The predicted molar refractivity (Wildman–Crippen MR) is 79.9 cm³/mol. The standard InChI is InChI=1S/C11H13Cl2FN2O2S.ClH/c12-8-3-4-9(10(13)11(8)14)19(17,18)16-7-2-1-5-15-6-7;/h3-4,7,15-16H,1-2,5-6H2;1H. The minimum Gasteiger partial charge on any atom is -0.315 e. The zero-order valence-electron chi connectivity index (χ0n) is 10.3. The average molecular weight is 364 g/mol. The Morgan fingerprint density at radius 1 is 1.35 bits per heavy atom. The van der Waals surface area contributed by atoms with E-state index in [-0.39, 0.29) is 28.4 Å². The van der Waals surface area contributed by atoms with Crippen molar-refractivity contribution in [2.45, 2.75) is 23.8 Å². The maximum absolute atomic E-state index is 13.5. The largest absolute Gasteiger partial charge is 0.315 e. The van der Waals surface area contributed by atoms with Crippen molar-refractivity contribution in [3.8, 4) is 0 Å². The Balaban J connectivity index is 0.00000200. The number of nitrogens with one attached hydrogen (secondary N) is 2. The minimum absolute atomic E-state index is 0. The summed E-state index contributed by atoms with van der Waals surface area (Å²) in [6.07, 6.45) is 1.62. The van der Waals surface area contributed by atoms with E-state index in [1.807, 2.05) is 0 Å². The van der Waals surface area contributed by atoms with Crippen LogP contribution in [0.3, 0.4) is 0 Å². The molecule has 114 valence electrons. The quantitative estimate of drug-likeness (QED) is 0.812. The van der Waals surface area contributed by atoms with Gasteiger partial charge in [-0.25, -0.2) is 17.5 Å². The maximum Gasteiger partial charge on any atom is 0.242 e. The van der Waals surface area contributed by atoms with Crippen LogP contribution in [0.2, 0.25) is 10.0 Å². The summed E-state index contributed by atoms with van der Waals surface area (Å²) in [5.41, 5.74) is 0. The molecular weight excluding hydrogens is 350 g/mol. The first-order chi connectivity index (χ1) is 8.92. The molecule has 1 fully saturated rings. The molecule has 1 unspecified atom stereocenters. The highest BCUT2D eigenvalue weighted by Crippen LogP contribution is 2.29. The van der Waals surface area contributed by atoms with Gasteiger partial charge in [0.05, 0.1) is 10.0 Å². The van der Waals surface area contributed by atoms with Crippen molar-refractivity contribution in [1.82, 2.24) is 10.0 Å². The molecule has 1 aliphatic heterocycles. The monoisotopic (exact) mass is 362 g/mol. The topological polar surface area (TPSA) is 58.2 Å². The summed E-state index contributed by atoms with van der Waals surface area (Å²) in [5, 5.41) is 2.40. The zero-order valence-corrected chi connectivity index (χ0v) is 13.5. The van der Waals surface area contributed by atoms with Gasteiger partial charge in [-0.05, 0) is 31.5 Å².